The number of hydrogen-bond donors (Lipinski definition) is 0. The minimum Gasteiger partial charge on any atom is -0.261 e. The molecule has 2 rings (SSSR count). The van der Waals surface area contributed by atoms with Gasteiger partial charge in [0.1, 0.15) is 0 Å². The summed E-state index contributed by atoms with van der Waals surface area (Å²) in [6.07, 6.45) is 1.96. The van der Waals surface area contributed by atoms with Crippen LogP contribution < -0.4 is 0 Å². The predicted molar refractivity (Wildman–Crippen MR) is 91.0 cm³/mol. The molecule has 23 heavy (non-hydrogen) atoms. The third-order valence-electron chi connectivity index (χ3n) is 4.02. The van der Waals surface area contributed by atoms with Gasteiger partial charge in [0, 0.05) is 22.3 Å². The van der Waals surface area contributed by atoms with Gasteiger partial charge in [0.05, 0.1) is 0 Å². The number of hydrogen-bond acceptors (Lipinski definition) is 1. The van der Waals surface area contributed by atoms with Crippen LogP contribution in [0.25, 0.3) is 0 Å². The number of pyridine rings is 1. The molecule has 0 saturated carbocycles. The Morgan fingerprint density at radius 3 is 2.22 bits per heavy atom. The Balaban J connectivity index is 2.39. The van der Waals surface area contributed by atoms with E-state index in [1.165, 1.54) is 0 Å². The molecule has 0 aliphatic heterocycles. The molecule has 0 unspecified atom stereocenters. The second kappa shape index (κ2) is 6.20. The van der Waals surface area contributed by atoms with Gasteiger partial charge in [-0.1, -0.05) is 58.4 Å². The normalized spacial score (nSPS) is 12.5. The van der Waals surface area contributed by atoms with Crippen molar-refractivity contribution in [1.82, 2.24) is 4.98 Å². The zero-order valence-electron chi connectivity index (χ0n) is 14.2. The van der Waals surface area contributed by atoms with Crippen molar-refractivity contribution >= 4 is 11.6 Å². The van der Waals surface area contributed by atoms with Gasteiger partial charge in [-0.25, -0.2) is 8.78 Å². The zero-order valence-corrected chi connectivity index (χ0v) is 14.9. The van der Waals surface area contributed by atoms with Crippen LogP contribution in [0, 0.1) is 11.6 Å². The van der Waals surface area contributed by atoms with Gasteiger partial charge in [0.25, 0.3) is 0 Å². The standard InChI is InChI=1S/C19H22ClF2N/c1-18(2,3)14-7-6-12(16(21)17(14)22)11-19(4,5)15-10-13(20)8-9-23-15/h6-10H,11H2,1-5H3. The highest BCUT2D eigenvalue weighted by atomic mass is 35.5. The summed E-state index contributed by atoms with van der Waals surface area (Å²) in [5.41, 5.74) is 0.596. The largest absolute Gasteiger partial charge is 0.261 e. The molecule has 0 radical (unpaired) electrons. The molecule has 1 heterocycles. The maximum atomic E-state index is 14.5. The number of benzene rings is 1. The van der Waals surface area contributed by atoms with E-state index in [9.17, 15) is 8.78 Å². The summed E-state index contributed by atoms with van der Waals surface area (Å²) in [6.45, 7) is 9.49. The van der Waals surface area contributed by atoms with Crippen LogP contribution in [0.1, 0.15) is 51.4 Å². The van der Waals surface area contributed by atoms with Crippen molar-refractivity contribution in [2.75, 3.05) is 0 Å². The lowest BCUT2D eigenvalue weighted by atomic mass is 9.80. The highest BCUT2D eigenvalue weighted by Crippen LogP contribution is 2.32. The van der Waals surface area contributed by atoms with Crippen LogP contribution >= 0.6 is 11.6 Å². The molecule has 4 heteroatoms. The first-order valence-corrected chi connectivity index (χ1v) is 7.99. The molecule has 1 aromatic heterocycles. The van der Waals surface area contributed by atoms with Gasteiger partial charge in [0.15, 0.2) is 11.6 Å². The molecule has 2 aromatic rings. The molecule has 1 aromatic carbocycles. The van der Waals surface area contributed by atoms with Gasteiger partial charge < -0.3 is 0 Å². The van der Waals surface area contributed by atoms with Gasteiger partial charge in [-0.05, 0) is 35.1 Å². The molecule has 0 spiro atoms. The lowest BCUT2D eigenvalue weighted by Gasteiger charge is -2.26. The zero-order chi connectivity index (χ0) is 17.4. The smallest absolute Gasteiger partial charge is 0.162 e. The molecule has 0 aliphatic rings. The van der Waals surface area contributed by atoms with Crippen LogP contribution in [-0.2, 0) is 17.3 Å². The fourth-order valence-electron chi connectivity index (χ4n) is 2.65. The summed E-state index contributed by atoms with van der Waals surface area (Å²) in [5, 5.41) is 0.581. The molecule has 0 amide bonds. The van der Waals surface area contributed by atoms with Crippen molar-refractivity contribution in [2.45, 2.75) is 51.9 Å². The maximum absolute atomic E-state index is 14.5. The Bertz CT molecular complexity index is 718. The van der Waals surface area contributed by atoms with E-state index in [-0.39, 0.29) is 0 Å². The summed E-state index contributed by atoms with van der Waals surface area (Å²) in [4.78, 5) is 4.32. The van der Waals surface area contributed by atoms with Crippen molar-refractivity contribution in [2.24, 2.45) is 0 Å². The number of aromatic nitrogens is 1. The monoisotopic (exact) mass is 337 g/mol. The first-order valence-electron chi connectivity index (χ1n) is 7.62. The van der Waals surface area contributed by atoms with E-state index in [1.54, 1.807) is 30.5 Å². The molecule has 0 bridgehead atoms. The van der Waals surface area contributed by atoms with Gasteiger partial charge in [0.2, 0.25) is 0 Å². The van der Waals surface area contributed by atoms with E-state index in [2.05, 4.69) is 4.98 Å². The molecule has 0 fully saturated rings. The summed E-state index contributed by atoms with van der Waals surface area (Å²) >= 11 is 6.01. The molecular formula is C19H22ClF2N. The first-order chi connectivity index (χ1) is 10.5. The minimum atomic E-state index is -0.771. The summed E-state index contributed by atoms with van der Waals surface area (Å²) in [6, 6.07) is 6.80. The van der Waals surface area contributed by atoms with Gasteiger partial charge in [-0.15, -0.1) is 0 Å². The van der Waals surface area contributed by atoms with Crippen LogP contribution in [0.4, 0.5) is 8.78 Å². The lowest BCUT2D eigenvalue weighted by Crippen LogP contribution is -2.23. The number of halogens is 3. The topological polar surface area (TPSA) is 12.9 Å². The quantitative estimate of drug-likeness (QED) is 0.686. The fraction of sp³-hybridized carbons (Fsp3) is 0.421. The van der Waals surface area contributed by atoms with Crippen molar-refractivity contribution in [1.29, 1.82) is 0 Å². The summed E-state index contributed by atoms with van der Waals surface area (Å²) < 4.78 is 28.9. The molecule has 0 aliphatic carbocycles. The van der Waals surface area contributed by atoms with Crippen LogP contribution in [0.15, 0.2) is 30.5 Å². The minimum absolute atomic E-state index is 0.341. The van der Waals surface area contributed by atoms with Gasteiger partial charge in [-0.3, -0.25) is 4.98 Å². The van der Waals surface area contributed by atoms with Crippen LogP contribution in [-0.4, -0.2) is 4.98 Å². The van der Waals surface area contributed by atoms with E-state index in [4.69, 9.17) is 11.6 Å². The Labute approximate surface area is 141 Å². The molecule has 0 atom stereocenters. The number of rotatable bonds is 3. The Hall–Kier alpha value is -1.48. The fourth-order valence-corrected chi connectivity index (χ4v) is 2.81. The summed E-state index contributed by atoms with van der Waals surface area (Å²) in [5.74, 6) is -1.53. The van der Waals surface area contributed by atoms with Crippen LogP contribution in [0.2, 0.25) is 5.02 Å². The highest BCUT2D eigenvalue weighted by molar-refractivity contribution is 6.30. The third-order valence-corrected chi connectivity index (χ3v) is 4.25. The molecule has 0 N–H and O–H groups in total. The second-order valence-electron chi connectivity index (χ2n) is 7.57. The molecule has 1 nitrogen and oxygen atoms in total. The van der Waals surface area contributed by atoms with E-state index < -0.39 is 22.5 Å². The third kappa shape index (κ3) is 3.89. The Kier molecular flexibility index (Phi) is 4.81. The lowest BCUT2D eigenvalue weighted by molar-refractivity contribution is 0.440. The van der Waals surface area contributed by atoms with Crippen molar-refractivity contribution in [3.8, 4) is 0 Å². The summed E-state index contributed by atoms with van der Waals surface area (Å²) in [7, 11) is 0. The van der Waals surface area contributed by atoms with E-state index in [0.29, 0.717) is 22.6 Å². The van der Waals surface area contributed by atoms with Gasteiger partial charge >= 0.3 is 0 Å². The molecule has 0 saturated heterocycles. The van der Waals surface area contributed by atoms with Crippen molar-refractivity contribution in [3.63, 3.8) is 0 Å². The molecule has 124 valence electrons. The van der Waals surface area contributed by atoms with Gasteiger partial charge in [-0.2, -0.15) is 0 Å². The highest BCUT2D eigenvalue weighted by Gasteiger charge is 2.28. The van der Waals surface area contributed by atoms with E-state index >= 15 is 0 Å². The first kappa shape index (κ1) is 17.9. The average molecular weight is 338 g/mol. The van der Waals surface area contributed by atoms with Crippen molar-refractivity contribution in [3.05, 3.63) is 63.9 Å². The number of nitrogens with zero attached hydrogens (tertiary/aromatic N) is 1. The average Bonchev–Trinajstić information content (AvgIpc) is 2.42. The van der Waals surface area contributed by atoms with Crippen LogP contribution in [0.5, 0.6) is 0 Å². The maximum Gasteiger partial charge on any atom is 0.162 e. The Morgan fingerprint density at radius 1 is 1.00 bits per heavy atom. The predicted octanol–water partition coefficient (Wildman–Crippen LogP) is 5.83. The Morgan fingerprint density at radius 2 is 1.65 bits per heavy atom. The molecular weight excluding hydrogens is 316 g/mol. The van der Waals surface area contributed by atoms with Crippen molar-refractivity contribution < 1.29 is 8.78 Å². The SMILES string of the molecule is CC(C)(C)c1ccc(CC(C)(C)c2cc(Cl)ccn2)c(F)c1F. The van der Waals surface area contributed by atoms with Crippen LogP contribution in [0.3, 0.4) is 0 Å². The van der Waals surface area contributed by atoms with E-state index in [0.717, 1.165) is 5.69 Å². The van der Waals surface area contributed by atoms with E-state index in [1.807, 2.05) is 34.6 Å². The second-order valence-corrected chi connectivity index (χ2v) is 8.01.